The third-order valence-electron chi connectivity index (χ3n) is 4.06. The largest absolute Gasteiger partial charge is 0.351 e. The van der Waals surface area contributed by atoms with Crippen molar-refractivity contribution >= 4 is 29.0 Å². The number of nitrogens with zero attached hydrogens (tertiary/aromatic N) is 2. The van der Waals surface area contributed by atoms with E-state index in [-0.39, 0.29) is 11.8 Å². The summed E-state index contributed by atoms with van der Waals surface area (Å²) in [5, 5.41) is 7.10. The van der Waals surface area contributed by atoms with Crippen LogP contribution in [0.15, 0.2) is 0 Å². The van der Waals surface area contributed by atoms with E-state index in [4.69, 9.17) is 11.6 Å². The quantitative estimate of drug-likeness (QED) is 0.847. The number of nitrogens with one attached hydrogen (secondary N) is 1. The Morgan fingerprint density at radius 3 is 2.75 bits per heavy atom. The second-order valence-electron chi connectivity index (χ2n) is 5.81. The van der Waals surface area contributed by atoms with Crippen molar-refractivity contribution in [2.24, 2.45) is 11.8 Å². The van der Waals surface area contributed by atoms with Crippen molar-refractivity contribution in [3.63, 3.8) is 0 Å². The molecule has 2 atom stereocenters. The molecule has 1 aliphatic rings. The summed E-state index contributed by atoms with van der Waals surface area (Å²) in [6.07, 6.45) is 4.85. The molecule has 0 saturated heterocycles. The van der Waals surface area contributed by atoms with Crippen LogP contribution in [0.25, 0.3) is 0 Å². The molecule has 2 rings (SSSR count). The first kappa shape index (κ1) is 15.7. The Labute approximate surface area is 129 Å². The van der Waals surface area contributed by atoms with Gasteiger partial charge < -0.3 is 5.32 Å². The highest BCUT2D eigenvalue weighted by molar-refractivity contribution is 7.08. The van der Waals surface area contributed by atoms with Crippen molar-refractivity contribution in [3.8, 4) is 0 Å². The monoisotopic (exact) mass is 315 g/mol. The molecular formula is C14H22ClN3OS. The molecule has 4 nitrogen and oxygen atoms in total. The van der Waals surface area contributed by atoms with Crippen molar-refractivity contribution in [3.05, 3.63) is 10.6 Å². The molecule has 1 fully saturated rings. The van der Waals surface area contributed by atoms with Gasteiger partial charge in [-0.2, -0.15) is 0 Å². The highest BCUT2D eigenvalue weighted by Gasteiger charge is 2.26. The zero-order chi connectivity index (χ0) is 14.5. The second-order valence-corrected chi connectivity index (χ2v) is 6.87. The molecule has 0 aliphatic heterocycles. The molecule has 1 heterocycles. The number of alkyl halides is 1. The van der Waals surface area contributed by atoms with Gasteiger partial charge in [0.1, 0.15) is 4.88 Å². The molecular weight excluding hydrogens is 294 g/mol. The molecule has 112 valence electrons. The fourth-order valence-electron chi connectivity index (χ4n) is 2.79. The lowest BCUT2D eigenvalue weighted by atomic mass is 9.80. The second kappa shape index (κ2) is 7.36. The van der Waals surface area contributed by atoms with Crippen LogP contribution in [0, 0.1) is 11.8 Å². The molecule has 2 unspecified atom stereocenters. The van der Waals surface area contributed by atoms with Gasteiger partial charge in [0.15, 0.2) is 0 Å². The number of hydrogen-bond donors (Lipinski definition) is 1. The Morgan fingerprint density at radius 2 is 2.10 bits per heavy atom. The van der Waals surface area contributed by atoms with E-state index in [1.165, 1.54) is 30.8 Å². The summed E-state index contributed by atoms with van der Waals surface area (Å²) >= 11 is 7.21. The first-order valence-electron chi connectivity index (χ1n) is 7.29. The number of rotatable bonds is 5. The minimum absolute atomic E-state index is 0.0393. The van der Waals surface area contributed by atoms with E-state index in [0.717, 1.165) is 12.1 Å². The molecule has 1 saturated carbocycles. The van der Waals surface area contributed by atoms with E-state index < -0.39 is 0 Å². The van der Waals surface area contributed by atoms with Crippen LogP contribution in [0.4, 0.5) is 0 Å². The van der Waals surface area contributed by atoms with Crippen LogP contribution in [0.1, 0.15) is 60.8 Å². The Morgan fingerprint density at radius 1 is 1.40 bits per heavy atom. The van der Waals surface area contributed by atoms with E-state index in [9.17, 15) is 4.79 Å². The minimum Gasteiger partial charge on any atom is -0.351 e. The molecule has 6 heteroatoms. The summed E-state index contributed by atoms with van der Waals surface area (Å²) in [5.74, 6) is 1.92. The van der Waals surface area contributed by atoms with Crippen LogP contribution in [0.3, 0.4) is 0 Å². The lowest BCUT2D eigenvalue weighted by molar-refractivity contribution is 0.0939. The zero-order valence-electron chi connectivity index (χ0n) is 12.1. The average Bonchev–Trinajstić information content (AvgIpc) is 2.94. The highest BCUT2D eigenvalue weighted by atomic mass is 35.5. The highest BCUT2D eigenvalue weighted by Crippen LogP contribution is 2.30. The van der Waals surface area contributed by atoms with Gasteiger partial charge in [0.05, 0.1) is 5.69 Å². The summed E-state index contributed by atoms with van der Waals surface area (Å²) < 4.78 is 3.90. The number of carbonyl (C=O) groups excluding carboxylic acids is 1. The van der Waals surface area contributed by atoms with Gasteiger partial charge in [-0.1, -0.05) is 31.2 Å². The van der Waals surface area contributed by atoms with Gasteiger partial charge >= 0.3 is 0 Å². The first-order chi connectivity index (χ1) is 9.63. The maximum Gasteiger partial charge on any atom is 0.264 e. The van der Waals surface area contributed by atoms with E-state index in [0.29, 0.717) is 29.1 Å². The maximum absolute atomic E-state index is 12.3. The minimum atomic E-state index is -0.0393. The number of hydrogen-bond acceptors (Lipinski definition) is 4. The molecule has 0 aromatic carbocycles. The van der Waals surface area contributed by atoms with Crippen LogP contribution < -0.4 is 5.32 Å². The smallest absolute Gasteiger partial charge is 0.264 e. The van der Waals surface area contributed by atoms with Crippen LogP contribution in [0.2, 0.25) is 0 Å². The molecule has 0 spiro atoms. The van der Waals surface area contributed by atoms with Crippen molar-refractivity contribution in [2.75, 3.05) is 12.4 Å². The van der Waals surface area contributed by atoms with Crippen LogP contribution >= 0.6 is 23.1 Å². The fraction of sp³-hybridized carbons (Fsp3) is 0.786. The van der Waals surface area contributed by atoms with Gasteiger partial charge in [-0.3, -0.25) is 4.79 Å². The van der Waals surface area contributed by atoms with E-state index >= 15 is 0 Å². The van der Waals surface area contributed by atoms with Crippen molar-refractivity contribution in [1.29, 1.82) is 0 Å². The zero-order valence-corrected chi connectivity index (χ0v) is 13.6. The third-order valence-corrected chi connectivity index (χ3v) is 5.19. The average molecular weight is 316 g/mol. The molecule has 0 bridgehead atoms. The van der Waals surface area contributed by atoms with Gasteiger partial charge in [-0.05, 0) is 42.1 Å². The summed E-state index contributed by atoms with van der Waals surface area (Å²) in [5.41, 5.74) is 0.796. The lowest BCUT2D eigenvalue weighted by Crippen LogP contribution is -2.35. The summed E-state index contributed by atoms with van der Waals surface area (Å²) in [4.78, 5) is 12.9. The van der Waals surface area contributed by atoms with Gasteiger partial charge in [0.2, 0.25) is 0 Å². The maximum atomic E-state index is 12.3. The SMILES string of the molecule is CC(C)c1nnsc1C(=O)NCC1CCCCC1CCl. The molecule has 1 aliphatic carbocycles. The van der Waals surface area contributed by atoms with Crippen LogP contribution in [0.5, 0.6) is 0 Å². The summed E-state index contributed by atoms with van der Waals surface area (Å²) in [7, 11) is 0. The number of amides is 1. The van der Waals surface area contributed by atoms with Gasteiger partial charge in [0, 0.05) is 12.4 Å². The van der Waals surface area contributed by atoms with Crippen LogP contribution in [-0.2, 0) is 0 Å². The number of aromatic nitrogens is 2. The van der Waals surface area contributed by atoms with Crippen molar-refractivity contribution < 1.29 is 4.79 Å². The van der Waals surface area contributed by atoms with Gasteiger partial charge in [-0.15, -0.1) is 16.7 Å². The van der Waals surface area contributed by atoms with E-state index in [2.05, 4.69) is 14.9 Å². The Balaban J connectivity index is 1.93. The first-order valence-corrected chi connectivity index (χ1v) is 8.60. The summed E-state index contributed by atoms with van der Waals surface area (Å²) in [6.45, 7) is 4.77. The Hall–Kier alpha value is -0.680. The molecule has 1 aromatic rings. The number of halogens is 1. The number of carbonyl (C=O) groups is 1. The molecule has 1 N–H and O–H groups in total. The Kier molecular flexibility index (Phi) is 5.78. The lowest BCUT2D eigenvalue weighted by Gasteiger charge is -2.30. The van der Waals surface area contributed by atoms with Crippen molar-refractivity contribution in [2.45, 2.75) is 45.4 Å². The van der Waals surface area contributed by atoms with Gasteiger partial charge in [-0.25, -0.2) is 0 Å². The predicted octanol–water partition coefficient (Wildman–Crippen LogP) is 3.44. The van der Waals surface area contributed by atoms with Crippen LogP contribution in [-0.4, -0.2) is 27.9 Å². The van der Waals surface area contributed by atoms with E-state index in [1.807, 2.05) is 13.8 Å². The summed E-state index contributed by atoms with van der Waals surface area (Å²) in [6, 6.07) is 0. The molecule has 0 radical (unpaired) electrons. The van der Waals surface area contributed by atoms with E-state index in [1.54, 1.807) is 0 Å². The molecule has 1 aromatic heterocycles. The van der Waals surface area contributed by atoms with Gasteiger partial charge in [0.25, 0.3) is 5.91 Å². The molecule has 20 heavy (non-hydrogen) atoms. The molecule has 1 amide bonds. The third kappa shape index (κ3) is 3.70. The Bertz CT molecular complexity index is 449. The topological polar surface area (TPSA) is 54.9 Å². The predicted molar refractivity (Wildman–Crippen MR) is 82.5 cm³/mol. The standard InChI is InChI=1S/C14H22ClN3OS/c1-9(2)12-13(20-18-17-12)14(19)16-8-11-6-4-3-5-10(11)7-15/h9-11H,3-8H2,1-2H3,(H,16,19). The fourth-order valence-corrected chi connectivity index (χ4v) is 3.94. The normalized spacial score (nSPS) is 23.0. The van der Waals surface area contributed by atoms with Crippen molar-refractivity contribution in [1.82, 2.24) is 14.9 Å².